The average molecular weight is 379 g/mol. The topological polar surface area (TPSA) is 41.1 Å². The molecule has 1 saturated carbocycles. The second-order valence-electron chi connectivity index (χ2n) is 6.60. The minimum atomic E-state index is -0.306. The Balaban J connectivity index is 1.47. The van der Waals surface area contributed by atoms with Crippen molar-refractivity contribution >= 4 is 34.8 Å². The van der Waals surface area contributed by atoms with Crippen molar-refractivity contribution in [1.82, 2.24) is 5.32 Å². The van der Waals surface area contributed by atoms with E-state index in [0.717, 1.165) is 24.1 Å². The van der Waals surface area contributed by atoms with E-state index in [0.29, 0.717) is 28.6 Å². The lowest BCUT2D eigenvalue weighted by Gasteiger charge is -2.19. The Kier molecular flexibility index (Phi) is 4.44. The summed E-state index contributed by atoms with van der Waals surface area (Å²) in [6.45, 7) is 1.42. The number of fused-ring (bicyclic) bond motifs is 1. The zero-order chi connectivity index (χ0) is 17.6. The Bertz CT molecular complexity index is 856. The second-order valence-corrected chi connectivity index (χ2v) is 7.42. The maximum atomic E-state index is 14.6. The molecule has 3 nitrogen and oxygen atoms in total. The van der Waals surface area contributed by atoms with Gasteiger partial charge in [0.25, 0.3) is 0 Å². The van der Waals surface area contributed by atoms with Gasteiger partial charge in [0, 0.05) is 12.5 Å². The normalized spacial score (nSPS) is 21.6. The fourth-order valence-corrected chi connectivity index (χ4v) is 3.76. The third-order valence-electron chi connectivity index (χ3n) is 4.96. The summed E-state index contributed by atoms with van der Waals surface area (Å²) in [5.74, 6) is -0.503. The molecule has 2 aliphatic rings. The van der Waals surface area contributed by atoms with Gasteiger partial charge in [-0.2, -0.15) is 0 Å². The number of anilines is 1. The molecule has 0 radical (unpaired) electrons. The third kappa shape index (κ3) is 3.26. The highest BCUT2D eigenvalue weighted by Gasteiger charge is 2.44. The molecule has 0 bridgehead atoms. The number of halogens is 3. The van der Waals surface area contributed by atoms with Gasteiger partial charge in [-0.25, -0.2) is 4.39 Å². The monoisotopic (exact) mass is 378 g/mol. The average Bonchev–Trinajstić information content (AvgIpc) is 3.41. The van der Waals surface area contributed by atoms with Crippen LogP contribution in [0.3, 0.4) is 0 Å². The van der Waals surface area contributed by atoms with Crippen molar-refractivity contribution in [1.29, 1.82) is 0 Å². The Morgan fingerprint density at radius 2 is 2.04 bits per heavy atom. The summed E-state index contributed by atoms with van der Waals surface area (Å²) in [6, 6.07) is 8.95. The molecular weight excluding hydrogens is 362 g/mol. The zero-order valence-electron chi connectivity index (χ0n) is 13.4. The van der Waals surface area contributed by atoms with Gasteiger partial charge < -0.3 is 10.6 Å². The quantitative estimate of drug-likeness (QED) is 0.823. The van der Waals surface area contributed by atoms with Gasteiger partial charge in [-0.3, -0.25) is 4.79 Å². The van der Waals surface area contributed by atoms with E-state index in [9.17, 15) is 9.18 Å². The van der Waals surface area contributed by atoms with Crippen molar-refractivity contribution in [2.45, 2.75) is 25.3 Å². The lowest BCUT2D eigenvalue weighted by atomic mass is 9.99. The van der Waals surface area contributed by atoms with E-state index in [1.807, 2.05) is 12.1 Å². The van der Waals surface area contributed by atoms with Gasteiger partial charge in [-0.1, -0.05) is 35.3 Å². The van der Waals surface area contributed by atoms with Gasteiger partial charge >= 0.3 is 0 Å². The molecule has 0 aromatic heterocycles. The minimum Gasteiger partial charge on any atom is -0.323 e. The molecule has 0 saturated heterocycles. The number of carbonyl (C=O) groups excluding carboxylic acids is 1. The van der Waals surface area contributed by atoms with Gasteiger partial charge in [0.05, 0.1) is 15.7 Å². The molecule has 1 fully saturated rings. The van der Waals surface area contributed by atoms with Gasteiger partial charge in [-0.15, -0.1) is 0 Å². The van der Waals surface area contributed by atoms with E-state index < -0.39 is 0 Å². The van der Waals surface area contributed by atoms with Crippen molar-refractivity contribution < 1.29 is 9.18 Å². The molecule has 1 heterocycles. The van der Waals surface area contributed by atoms with Gasteiger partial charge in [0.1, 0.15) is 5.82 Å². The van der Waals surface area contributed by atoms with Crippen LogP contribution in [0.4, 0.5) is 10.1 Å². The summed E-state index contributed by atoms with van der Waals surface area (Å²) in [5.41, 5.74) is 2.92. The molecule has 0 spiro atoms. The Morgan fingerprint density at radius 1 is 1.20 bits per heavy atom. The van der Waals surface area contributed by atoms with Gasteiger partial charge in [-0.05, 0) is 60.2 Å². The molecule has 2 N–H and O–H groups in total. The van der Waals surface area contributed by atoms with E-state index in [4.69, 9.17) is 23.2 Å². The van der Waals surface area contributed by atoms with Crippen molar-refractivity contribution in [2.75, 3.05) is 11.9 Å². The summed E-state index contributed by atoms with van der Waals surface area (Å²) in [7, 11) is 0. The summed E-state index contributed by atoms with van der Waals surface area (Å²) < 4.78 is 14.6. The van der Waals surface area contributed by atoms with E-state index >= 15 is 0 Å². The van der Waals surface area contributed by atoms with Crippen LogP contribution in [0.2, 0.25) is 10.0 Å². The molecule has 130 valence electrons. The number of hydrogen-bond donors (Lipinski definition) is 2. The van der Waals surface area contributed by atoms with E-state index in [-0.39, 0.29) is 29.2 Å². The minimum absolute atomic E-state index is 0.111. The molecule has 2 unspecified atom stereocenters. The molecule has 4 rings (SSSR count). The highest BCUT2D eigenvalue weighted by Crippen LogP contribution is 2.49. The third-order valence-corrected chi connectivity index (χ3v) is 5.70. The van der Waals surface area contributed by atoms with Crippen molar-refractivity contribution in [3.63, 3.8) is 0 Å². The van der Waals surface area contributed by atoms with Crippen LogP contribution in [0, 0.1) is 11.7 Å². The Morgan fingerprint density at radius 3 is 2.84 bits per heavy atom. The number of benzene rings is 2. The van der Waals surface area contributed by atoms with Crippen LogP contribution >= 0.6 is 23.2 Å². The van der Waals surface area contributed by atoms with Gasteiger partial charge in [0.2, 0.25) is 5.91 Å². The predicted octanol–water partition coefficient (Wildman–Crippen LogP) is 4.52. The summed E-state index contributed by atoms with van der Waals surface area (Å²) in [6.07, 6.45) is 1.38. The van der Waals surface area contributed by atoms with Crippen LogP contribution < -0.4 is 10.6 Å². The first-order valence-electron chi connectivity index (χ1n) is 8.31. The first-order valence-corrected chi connectivity index (χ1v) is 9.07. The standard InChI is InChI=1S/C19H17Cl2FN2O/c20-15-3-1-10(7-16(15)21)13-8-14(13)19(25)24-17-4-2-11-9-23-6-5-12(11)18(17)22/h1-4,7,13-14,23H,5-6,8-9H2,(H,24,25). The van der Waals surface area contributed by atoms with Crippen molar-refractivity contribution in [2.24, 2.45) is 5.92 Å². The first kappa shape index (κ1) is 16.8. The number of carbonyl (C=O) groups is 1. The zero-order valence-corrected chi connectivity index (χ0v) is 14.9. The summed E-state index contributed by atoms with van der Waals surface area (Å²) in [4.78, 5) is 12.5. The number of rotatable bonds is 3. The van der Waals surface area contributed by atoms with Crippen LogP contribution in [-0.4, -0.2) is 12.5 Å². The fourth-order valence-electron chi connectivity index (χ4n) is 3.45. The highest BCUT2D eigenvalue weighted by molar-refractivity contribution is 6.42. The maximum absolute atomic E-state index is 14.6. The number of hydrogen-bond acceptors (Lipinski definition) is 2. The van der Waals surface area contributed by atoms with Crippen LogP contribution in [0.15, 0.2) is 30.3 Å². The molecular formula is C19H17Cl2FN2O. The lowest BCUT2D eigenvalue weighted by molar-refractivity contribution is -0.117. The fraction of sp³-hybridized carbons (Fsp3) is 0.316. The van der Waals surface area contributed by atoms with E-state index in [1.165, 1.54) is 0 Å². The second kappa shape index (κ2) is 6.60. The largest absolute Gasteiger partial charge is 0.323 e. The lowest BCUT2D eigenvalue weighted by Crippen LogP contribution is -2.25. The molecule has 2 aromatic rings. The highest BCUT2D eigenvalue weighted by atomic mass is 35.5. The van der Waals surface area contributed by atoms with Crippen LogP contribution in [-0.2, 0) is 17.8 Å². The van der Waals surface area contributed by atoms with Crippen LogP contribution in [0.25, 0.3) is 0 Å². The summed E-state index contributed by atoms with van der Waals surface area (Å²) in [5, 5.41) is 6.95. The molecule has 25 heavy (non-hydrogen) atoms. The number of amides is 1. The molecule has 1 amide bonds. The van der Waals surface area contributed by atoms with Crippen molar-refractivity contribution in [3.8, 4) is 0 Å². The van der Waals surface area contributed by atoms with Crippen LogP contribution in [0.5, 0.6) is 0 Å². The predicted molar refractivity (Wildman–Crippen MR) is 97.8 cm³/mol. The molecule has 1 aliphatic carbocycles. The van der Waals surface area contributed by atoms with E-state index in [2.05, 4.69) is 10.6 Å². The van der Waals surface area contributed by atoms with Gasteiger partial charge in [0.15, 0.2) is 0 Å². The van der Waals surface area contributed by atoms with Crippen LogP contribution in [0.1, 0.15) is 29.0 Å². The molecule has 2 atom stereocenters. The smallest absolute Gasteiger partial charge is 0.228 e. The Hall–Kier alpha value is -1.62. The molecule has 2 aromatic carbocycles. The summed E-state index contributed by atoms with van der Waals surface area (Å²) >= 11 is 12.0. The number of nitrogens with one attached hydrogen (secondary N) is 2. The van der Waals surface area contributed by atoms with Crippen molar-refractivity contribution in [3.05, 3.63) is 62.9 Å². The van der Waals surface area contributed by atoms with E-state index in [1.54, 1.807) is 18.2 Å². The maximum Gasteiger partial charge on any atom is 0.228 e. The first-order chi connectivity index (χ1) is 12.0. The Labute approximate surface area is 155 Å². The molecule has 1 aliphatic heterocycles. The molecule has 6 heteroatoms. The SMILES string of the molecule is O=C(Nc1ccc2c(c1F)CCNC2)C1CC1c1ccc(Cl)c(Cl)c1.